The lowest BCUT2D eigenvalue weighted by molar-refractivity contribution is -0.192. The molecule has 0 saturated heterocycles. The minimum atomic E-state index is -5.08. The van der Waals surface area contributed by atoms with Gasteiger partial charge in [0.15, 0.2) is 0 Å². The highest BCUT2D eigenvalue weighted by atomic mass is 19.4. The fourth-order valence-corrected chi connectivity index (χ4v) is 1.05. The molecule has 5 nitrogen and oxygen atoms in total. The second-order valence-corrected chi connectivity index (χ2v) is 3.13. The molecule has 1 aromatic rings. The molecular weight excluding hydrogens is 253 g/mol. The molecule has 1 N–H and O–H groups in total. The van der Waals surface area contributed by atoms with Crippen molar-refractivity contribution < 1.29 is 27.8 Å². The summed E-state index contributed by atoms with van der Waals surface area (Å²) in [6, 6.07) is 0. The Morgan fingerprint density at radius 1 is 1.50 bits per heavy atom. The molecule has 1 aromatic heterocycles. The third kappa shape index (κ3) is 6.24. The van der Waals surface area contributed by atoms with Gasteiger partial charge in [0.25, 0.3) is 0 Å². The Balaban J connectivity index is 0.000000360. The molecule has 0 aliphatic carbocycles. The van der Waals surface area contributed by atoms with Crippen LogP contribution in [-0.2, 0) is 9.53 Å². The molecule has 1 unspecified atom stereocenters. The van der Waals surface area contributed by atoms with Crippen molar-refractivity contribution in [3.63, 3.8) is 0 Å². The number of carbonyl (C=O) groups is 1. The predicted molar refractivity (Wildman–Crippen MR) is 56.9 cm³/mol. The smallest absolute Gasteiger partial charge is 0.475 e. The zero-order valence-electron chi connectivity index (χ0n) is 10.0. The Labute approximate surface area is 102 Å². The number of carboxylic acids is 1. The highest BCUT2D eigenvalue weighted by Gasteiger charge is 2.38. The van der Waals surface area contributed by atoms with E-state index in [0.717, 1.165) is 13.0 Å². The second-order valence-electron chi connectivity index (χ2n) is 3.13. The first-order valence-corrected chi connectivity index (χ1v) is 5.22. The van der Waals surface area contributed by atoms with Gasteiger partial charge >= 0.3 is 12.1 Å². The molecule has 0 fully saturated rings. The van der Waals surface area contributed by atoms with Gasteiger partial charge in [-0.05, 0) is 13.3 Å². The van der Waals surface area contributed by atoms with E-state index in [0.29, 0.717) is 0 Å². The molecule has 0 saturated carbocycles. The van der Waals surface area contributed by atoms with Crippen LogP contribution >= 0.6 is 0 Å². The van der Waals surface area contributed by atoms with E-state index in [9.17, 15) is 13.2 Å². The fourth-order valence-electron chi connectivity index (χ4n) is 1.05. The maximum Gasteiger partial charge on any atom is 0.490 e. The van der Waals surface area contributed by atoms with Gasteiger partial charge in [0, 0.05) is 19.0 Å². The summed E-state index contributed by atoms with van der Waals surface area (Å²) in [7, 11) is 0. The molecule has 0 spiro atoms. The Hall–Kier alpha value is -1.57. The Kier molecular flexibility index (Phi) is 7.03. The van der Waals surface area contributed by atoms with E-state index in [1.165, 1.54) is 0 Å². The van der Waals surface area contributed by atoms with Crippen molar-refractivity contribution in [2.75, 3.05) is 6.61 Å². The number of imidazole rings is 1. The minimum Gasteiger partial charge on any atom is -0.475 e. The first-order chi connectivity index (χ1) is 8.32. The van der Waals surface area contributed by atoms with Crippen molar-refractivity contribution >= 4 is 5.97 Å². The van der Waals surface area contributed by atoms with Crippen molar-refractivity contribution in [1.29, 1.82) is 0 Å². The monoisotopic (exact) mass is 268 g/mol. The van der Waals surface area contributed by atoms with E-state index >= 15 is 0 Å². The first-order valence-electron chi connectivity index (χ1n) is 5.22. The lowest BCUT2D eigenvalue weighted by Crippen LogP contribution is -2.21. The number of carboxylic acid groups (broad SMARTS) is 1. The zero-order valence-corrected chi connectivity index (χ0v) is 10.0. The number of alkyl halides is 3. The summed E-state index contributed by atoms with van der Waals surface area (Å²) in [5.41, 5.74) is 0. The molecule has 0 radical (unpaired) electrons. The fraction of sp³-hybridized carbons (Fsp3) is 0.600. The molecule has 0 aromatic carbocycles. The molecule has 0 amide bonds. The first kappa shape index (κ1) is 16.4. The quantitative estimate of drug-likeness (QED) is 0.911. The summed E-state index contributed by atoms with van der Waals surface area (Å²) in [4.78, 5) is 12.9. The van der Waals surface area contributed by atoms with Crippen molar-refractivity contribution in [3.8, 4) is 0 Å². The number of nitrogens with zero attached hydrogens (tertiary/aromatic N) is 2. The van der Waals surface area contributed by atoms with Crippen molar-refractivity contribution in [1.82, 2.24) is 9.55 Å². The molecule has 1 heterocycles. The van der Waals surface area contributed by atoms with Crippen LogP contribution in [0.4, 0.5) is 13.2 Å². The average molecular weight is 268 g/mol. The summed E-state index contributed by atoms with van der Waals surface area (Å²) >= 11 is 0. The molecule has 0 aliphatic heterocycles. The topological polar surface area (TPSA) is 64.4 Å². The highest BCUT2D eigenvalue weighted by Crippen LogP contribution is 2.13. The van der Waals surface area contributed by atoms with Gasteiger partial charge in [-0.15, -0.1) is 0 Å². The number of hydrogen-bond acceptors (Lipinski definition) is 3. The molecule has 8 heteroatoms. The van der Waals surface area contributed by atoms with Crippen LogP contribution in [0.1, 0.15) is 26.5 Å². The minimum absolute atomic E-state index is 0.155. The highest BCUT2D eigenvalue weighted by molar-refractivity contribution is 5.73. The third-order valence-electron chi connectivity index (χ3n) is 1.81. The summed E-state index contributed by atoms with van der Waals surface area (Å²) in [6.45, 7) is 4.84. The predicted octanol–water partition coefficient (Wildman–Crippen LogP) is 2.46. The Morgan fingerprint density at radius 2 is 2.06 bits per heavy atom. The average Bonchev–Trinajstić information content (AvgIpc) is 2.78. The summed E-state index contributed by atoms with van der Waals surface area (Å²) < 4.78 is 39.2. The van der Waals surface area contributed by atoms with Gasteiger partial charge in [-0.25, -0.2) is 9.78 Å². The van der Waals surface area contributed by atoms with E-state index in [2.05, 4.69) is 11.9 Å². The number of rotatable bonds is 4. The van der Waals surface area contributed by atoms with Crippen molar-refractivity contribution in [2.45, 2.75) is 32.7 Å². The van der Waals surface area contributed by atoms with Crippen molar-refractivity contribution in [3.05, 3.63) is 18.7 Å². The summed E-state index contributed by atoms with van der Waals surface area (Å²) in [6.07, 6.45) is 1.52. The van der Waals surface area contributed by atoms with Gasteiger partial charge in [0.2, 0.25) is 0 Å². The SMILES string of the molecule is CCOC(CC)n1ccnc1.O=C(O)C(F)(F)F. The van der Waals surface area contributed by atoms with E-state index in [1.54, 1.807) is 12.5 Å². The van der Waals surface area contributed by atoms with Gasteiger partial charge in [-0.3, -0.25) is 0 Å². The summed E-state index contributed by atoms with van der Waals surface area (Å²) in [5, 5.41) is 7.12. The van der Waals surface area contributed by atoms with Gasteiger partial charge in [-0.2, -0.15) is 13.2 Å². The molecule has 104 valence electrons. The number of hydrogen-bond donors (Lipinski definition) is 1. The third-order valence-corrected chi connectivity index (χ3v) is 1.81. The Bertz CT molecular complexity index is 339. The molecule has 1 rings (SSSR count). The lowest BCUT2D eigenvalue weighted by atomic mass is 10.4. The van der Waals surface area contributed by atoms with E-state index in [1.807, 2.05) is 17.7 Å². The van der Waals surface area contributed by atoms with Gasteiger partial charge < -0.3 is 14.4 Å². The molecule has 0 bridgehead atoms. The number of aliphatic carboxylic acids is 1. The Morgan fingerprint density at radius 3 is 2.33 bits per heavy atom. The lowest BCUT2D eigenvalue weighted by Gasteiger charge is -2.15. The van der Waals surface area contributed by atoms with Crippen LogP contribution in [0.5, 0.6) is 0 Å². The van der Waals surface area contributed by atoms with Crippen LogP contribution in [0.3, 0.4) is 0 Å². The summed E-state index contributed by atoms with van der Waals surface area (Å²) in [5.74, 6) is -2.76. The molecule has 1 atom stereocenters. The molecule has 0 aliphatic rings. The zero-order chi connectivity index (χ0) is 14.2. The van der Waals surface area contributed by atoms with Crippen LogP contribution in [0.15, 0.2) is 18.7 Å². The number of halogens is 3. The van der Waals surface area contributed by atoms with E-state index in [4.69, 9.17) is 14.6 Å². The molecule has 18 heavy (non-hydrogen) atoms. The van der Waals surface area contributed by atoms with E-state index in [-0.39, 0.29) is 6.23 Å². The van der Waals surface area contributed by atoms with E-state index < -0.39 is 12.1 Å². The van der Waals surface area contributed by atoms with Crippen LogP contribution < -0.4 is 0 Å². The van der Waals surface area contributed by atoms with Crippen LogP contribution in [-0.4, -0.2) is 33.4 Å². The van der Waals surface area contributed by atoms with Crippen LogP contribution in [0.2, 0.25) is 0 Å². The molecular formula is C10H15F3N2O3. The standard InChI is InChI=1S/C8H14N2O.C2HF3O2/c1-3-8(11-4-2)10-6-5-9-7-10;3-2(4,5)1(6)7/h5-8H,3-4H2,1-2H3;(H,6,7). The van der Waals surface area contributed by atoms with Crippen LogP contribution in [0, 0.1) is 0 Å². The maximum absolute atomic E-state index is 10.6. The largest absolute Gasteiger partial charge is 0.490 e. The maximum atomic E-state index is 10.6. The number of ether oxygens (including phenoxy) is 1. The normalized spacial score (nSPS) is 12.5. The second kappa shape index (κ2) is 7.70. The van der Waals surface area contributed by atoms with Crippen molar-refractivity contribution in [2.24, 2.45) is 0 Å². The number of aromatic nitrogens is 2. The van der Waals surface area contributed by atoms with Gasteiger partial charge in [-0.1, -0.05) is 6.92 Å². The van der Waals surface area contributed by atoms with Gasteiger partial charge in [0.05, 0.1) is 6.33 Å². The van der Waals surface area contributed by atoms with Gasteiger partial charge in [0.1, 0.15) is 6.23 Å². The van der Waals surface area contributed by atoms with Crippen LogP contribution in [0.25, 0.3) is 0 Å².